The van der Waals surface area contributed by atoms with Gasteiger partial charge in [0.25, 0.3) is 0 Å². The Balaban J connectivity index is 1.65. The highest BCUT2D eigenvalue weighted by Gasteiger charge is 2.09. The molecule has 0 amide bonds. The first-order valence-electron chi connectivity index (χ1n) is 9.81. The van der Waals surface area contributed by atoms with Crippen LogP contribution in [-0.4, -0.2) is 77.6 Å². The quantitative estimate of drug-likeness (QED) is 0.350. The van der Waals surface area contributed by atoms with Gasteiger partial charge in [-0.1, -0.05) is 6.07 Å². The summed E-state index contributed by atoms with van der Waals surface area (Å²) in [7, 11) is 3.49. The summed E-state index contributed by atoms with van der Waals surface area (Å²) in [5, 5.41) is 6.69. The van der Waals surface area contributed by atoms with Crippen LogP contribution in [0.3, 0.4) is 0 Å². The summed E-state index contributed by atoms with van der Waals surface area (Å²) in [6.45, 7) is 7.24. The third kappa shape index (κ3) is 9.08. The smallest absolute Gasteiger partial charge is 0.195 e. The van der Waals surface area contributed by atoms with Crippen LogP contribution in [-0.2, 0) is 9.47 Å². The molecule has 0 saturated carbocycles. The number of benzene rings is 1. The molecular formula is C20H34N4O3. The van der Waals surface area contributed by atoms with Crippen molar-refractivity contribution in [3.63, 3.8) is 0 Å². The molecule has 0 aromatic heterocycles. The molecular weight excluding hydrogens is 344 g/mol. The lowest BCUT2D eigenvalue weighted by molar-refractivity contribution is 0.0372. The van der Waals surface area contributed by atoms with Crippen molar-refractivity contribution in [1.82, 2.24) is 10.2 Å². The summed E-state index contributed by atoms with van der Waals surface area (Å²) in [6, 6.07) is 7.93. The maximum absolute atomic E-state index is 5.74. The molecule has 0 spiro atoms. The second kappa shape index (κ2) is 13.4. The molecule has 1 aromatic rings. The van der Waals surface area contributed by atoms with Crippen molar-refractivity contribution in [3.8, 4) is 5.75 Å². The van der Waals surface area contributed by atoms with Crippen LogP contribution in [0.25, 0.3) is 0 Å². The maximum Gasteiger partial charge on any atom is 0.195 e. The van der Waals surface area contributed by atoms with Gasteiger partial charge in [0.2, 0.25) is 0 Å². The fourth-order valence-corrected chi connectivity index (χ4v) is 2.86. The van der Waals surface area contributed by atoms with Crippen molar-refractivity contribution >= 4 is 11.6 Å². The van der Waals surface area contributed by atoms with Gasteiger partial charge in [-0.2, -0.15) is 0 Å². The molecule has 152 valence electrons. The number of nitrogens with zero attached hydrogens (tertiary/aromatic N) is 2. The number of guanidine groups is 1. The van der Waals surface area contributed by atoms with Gasteiger partial charge in [0.1, 0.15) is 5.75 Å². The van der Waals surface area contributed by atoms with E-state index in [0.717, 1.165) is 69.6 Å². The first-order valence-corrected chi connectivity index (χ1v) is 9.81. The standard InChI is InChI=1S/C20H34N4O3/c1-21-20(22-9-3-4-10-24-11-15-26-16-12-24)23-18-7-5-8-19(17-18)27-14-6-13-25-2/h5,7-8,17H,3-4,6,9-16H2,1-2H3,(H2,21,22,23). The molecule has 2 N–H and O–H groups in total. The van der Waals surface area contributed by atoms with Crippen molar-refractivity contribution in [1.29, 1.82) is 0 Å². The Morgan fingerprint density at radius 3 is 2.81 bits per heavy atom. The minimum absolute atomic E-state index is 0.646. The van der Waals surface area contributed by atoms with E-state index in [4.69, 9.17) is 14.2 Å². The van der Waals surface area contributed by atoms with E-state index in [-0.39, 0.29) is 0 Å². The van der Waals surface area contributed by atoms with Gasteiger partial charge < -0.3 is 24.8 Å². The molecule has 1 saturated heterocycles. The lowest BCUT2D eigenvalue weighted by Crippen LogP contribution is -2.37. The molecule has 0 radical (unpaired) electrons. The number of nitrogens with one attached hydrogen (secondary N) is 2. The molecule has 2 rings (SSSR count). The molecule has 1 aliphatic rings. The predicted octanol–water partition coefficient (Wildman–Crippen LogP) is 2.20. The average molecular weight is 379 g/mol. The van der Waals surface area contributed by atoms with Gasteiger partial charge in [0, 0.05) is 58.6 Å². The number of ether oxygens (including phenoxy) is 3. The summed E-state index contributed by atoms with van der Waals surface area (Å²) in [5.41, 5.74) is 0.959. The van der Waals surface area contributed by atoms with Crippen molar-refractivity contribution in [2.75, 3.05) is 72.1 Å². The van der Waals surface area contributed by atoms with Crippen LogP contribution in [0, 0.1) is 0 Å². The zero-order valence-corrected chi connectivity index (χ0v) is 16.7. The Labute approximate surface area is 163 Å². The number of hydrogen-bond donors (Lipinski definition) is 2. The van der Waals surface area contributed by atoms with E-state index in [0.29, 0.717) is 13.2 Å². The Morgan fingerprint density at radius 2 is 2.04 bits per heavy atom. The van der Waals surface area contributed by atoms with Crippen LogP contribution in [0.4, 0.5) is 5.69 Å². The summed E-state index contributed by atoms with van der Waals surface area (Å²) in [6.07, 6.45) is 3.16. The zero-order valence-electron chi connectivity index (χ0n) is 16.7. The van der Waals surface area contributed by atoms with Crippen molar-refractivity contribution in [3.05, 3.63) is 24.3 Å². The second-order valence-corrected chi connectivity index (χ2v) is 6.51. The van der Waals surface area contributed by atoms with E-state index in [1.165, 1.54) is 6.42 Å². The first kappa shape index (κ1) is 21.5. The van der Waals surface area contributed by atoms with Crippen LogP contribution in [0.1, 0.15) is 19.3 Å². The minimum atomic E-state index is 0.646. The van der Waals surface area contributed by atoms with Gasteiger partial charge in [0.05, 0.1) is 19.8 Å². The normalized spacial score (nSPS) is 15.6. The Hall–Kier alpha value is -1.83. The largest absolute Gasteiger partial charge is 0.493 e. The lowest BCUT2D eigenvalue weighted by Gasteiger charge is -2.26. The molecule has 0 atom stereocenters. The number of aliphatic imine (C=N–C) groups is 1. The average Bonchev–Trinajstić information content (AvgIpc) is 2.71. The van der Waals surface area contributed by atoms with E-state index in [1.54, 1.807) is 14.2 Å². The SMILES string of the molecule is CN=C(NCCCCN1CCOCC1)Nc1cccc(OCCCOC)c1. The van der Waals surface area contributed by atoms with Crippen LogP contribution in [0.2, 0.25) is 0 Å². The van der Waals surface area contributed by atoms with Gasteiger partial charge in [-0.3, -0.25) is 9.89 Å². The molecule has 0 unspecified atom stereocenters. The number of anilines is 1. The third-order valence-corrected chi connectivity index (χ3v) is 4.38. The maximum atomic E-state index is 5.74. The van der Waals surface area contributed by atoms with E-state index in [1.807, 2.05) is 24.3 Å². The molecule has 7 nitrogen and oxygen atoms in total. The number of methoxy groups -OCH3 is 1. The molecule has 1 fully saturated rings. The van der Waals surface area contributed by atoms with E-state index in [2.05, 4.69) is 20.5 Å². The monoisotopic (exact) mass is 378 g/mol. The number of hydrogen-bond acceptors (Lipinski definition) is 5. The van der Waals surface area contributed by atoms with E-state index < -0.39 is 0 Å². The molecule has 0 bridgehead atoms. The zero-order chi connectivity index (χ0) is 19.2. The van der Waals surface area contributed by atoms with Gasteiger partial charge in [0.15, 0.2) is 5.96 Å². The van der Waals surface area contributed by atoms with Gasteiger partial charge in [-0.05, 0) is 31.5 Å². The summed E-state index contributed by atoms with van der Waals surface area (Å²) >= 11 is 0. The Morgan fingerprint density at radius 1 is 1.19 bits per heavy atom. The number of unbranched alkanes of at least 4 members (excludes halogenated alkanes) is 1. The number of rotatable bonds is 11. The highest BCUT2D eigenvalue weighted by molar-refractivity contribution is 5.93. The Kier molecular flexibility index (Phi) is 10.6. The van der Waals surface area contributed by atoms with Crippen molar-refractivity contribution < 1.29 is 14.2 Å². The van der Waals surface area contributed by atoms with Crippen LogP contribution in [0.5, 0.6) is 5.75 Å². The Bertz CT molecular complexity index is 548. The molecule has 27 heavy (non-hydrogen) atoms. The van der Waals surface area contributed by atoms with Crippen LogP contribution >= 0.6 is 0 Å². The van der Waals surface area contributed by atoms with Crippen LogP contribution in [0.15, 0.2) is 29.3 Å². The summed E-state index contributed by atoms with van der Waals surface area (Å²) < 4.78 is 16.2. The number of morpholine rings is 1. The van der Waals surface area contributed by atoms with Crippen LogP contribution < -0.4 is 15.4 Å². The van der Waals surface area contributed by atoms with Crippen molar-refractivity contribution in [2.45, 2.75) is 19.3 Å². The topological polar surface area (TPSA) is 67.4 Å². The van der Waals surface area contributed by atoms with Crippen molar-refractivity contribution in [2.24, 2.45) is 4.99 Å². The highest BCUT2D eigenvalue weighted by atomic mass is 16.5. The molecule has 1 aliphatic heterocycles. The van der Waals surface area contributed by atoms with Gasteiger partial charge in [-0.25, -0.2) is 0 Å². The van der Waals surface area contributed by atoms with Gasteiger partial charge in [-0.15, -0.1) is 0 Å². The summed E-state index contributed by atoms with van der Waals surface area (Å²) in [4.78, 5) is 6.76. The first-order chi connectivity index (χ1) is 13.3. The highest BCUT2D eigenvalue weighted by Crippen LogP contribution is 2.17. The molecule has 7 heteroatoms. The molecule has 1 heterocycles. The predicted molar refractivity (Wildman–Crippen MR) is 110 cm³/mol. The fraction of sp³-hybridized carbons (Fsp3) is 0.650. The fourth-order valence-electron chi connectivity index (χ4n) is 2.86. The molecule has 0 aliphatic carbocycles. The minimum Gasteiger partial charge on any atom is -0.493 e. The third-order valence-electron chi connectivity index (χ3n) is 4.38. The summed E-state index contributed by atoms with van der Waals surface area (Å²) in [5.74, 6) is 1.62. The van der Waals surface area contributed by atoms with E-state index >= 15 is 0 Å². The lowest BCUT2D eigenvalue weighted by atomic mass is 10.2. The molecule has 1 aromatic carbocycles. The van der Waals surface area contributed by atoms with E-state index in [9.17, 15) is 0 Å². The van der Waals surface area contributed by atoms with Gasteiger partial charge >= 0.3 is 0 Å². The second-order valence-electron chi connectivity index (χ2n) is 6.51.